The quantitative estimate of drug-likeness (QED) is 0.115. The lowest BCUT2D eigenvalue weighted by Crippen LogP contribution is -2.38. The molecule has 176 valence electrons. The number of unbranched alkanes of at least 4 members (excludes halogenated alkanes) is 11. The number of nitrogens with zero attached hydrogens (tertiary/aromatic N) is 1. The smallest absolute Gasteiger partial charge is 0.109 e. The number of aliphatic hydroxyl groups is 2. The first-order chi connectivity index (χ1) is 14.1. The molecule has 0 aromatic heterocycles. The van der Waals surface area contributed by atoms with Gasteiger partial charge in [0.25, 0.3) is 0 Å². The van der Waals surface area contributed by atoms with E-state index in [2.05, 4.69) is 18.7 Å². The third-order valence-electron chi connectivity index (χ3n) is 5.67. The minimum Gasteiger partial charge on any atom is -0.392 e. The standard InChI is InChI=1S/C24H50INO3/c1-3-5-7-9-11-13-17-23(27)21-26(19-15-16-20-29-25)22-24(28)18-14-12-10-8-6-4-2/h23-24,27-28H,3-22H2,1-2H3. The van der Waals surface area contributed by atoms with E-state index in [-0.39, 0.29) is 12.2 Å². The van der Waals surface area contributed by atoms with Crippen molar-refractivity contribution in [3.63, 3.8) is 0 Å². The summed E-state index contributed by atoms with van der Waals surface area (Å²) in [6.07, 6.45) is 18.4. The number of rotatable bonds is 23. The van der Waals surface area contributed by atoms with Gasteiger partial charge in [-0.1, -0.05) is 90.9 Å². The van der Waals surface area contributed by atoms with Crippen LogP contribution in [0.5, 0.6) is 0 Å². The molecule has 0 fully saturated rings. The predicted octanol–water partition coefficient (Wildman–Crippen LogP) is 6.66. The van der Waals surface area contributed by atoms with Crippen LogP contribution >= 0.6 is 23.0 Å². The summed E-state index contributed by atoms with van der Waals surface area (Å²) >= 11 is 1.94. The molecule has 0 heterocycles. The summed E-state index contributed by atoms with van der Waals surface area (Å²) in [5.41, 5.74) is 0. The van der Waals surface area contributed by atoms with Gasteiger partial charge in [-0.25, -0.2) is 0 Å². The lowest BCUT2D eigenvalue weighted by Gasteiger charge is -2.27. The van der Waals surface area contributed by atoms with Crippen molar-refractivity contribution in [3.8, 4) is 0 Å². The van der Waals surface area contributed by atoms with Crippen molar-refractivity contribution >= 4 is 23.0 Å². The fourth-order valence-corrected chi connectivity index (χ4v) is 4.16. The van der Waals surface area contributed by atoms with Crippen molar-refractivity contribution < 1.29 is 13.3 Å². The molecule has 2 N–H and O–H groups in total. The minimum atomic E-state index is -0.275. The van der Waals surface area contributed by atoms with Crippen LogP contribution < -0.4 is 0 Å². The summed E-state index contributed by atoms with van der Waals surface area (Å²) < 4.78 is 5.13. The third-order valence-corrected chi connectivity index (χ3v) is 6.11. The maximum absolute atomic E-state index is 10.5. The molecule has 0 spiro atoms. The Hall–Kier alpha value is 0.570. The van der Waals surface area contributed by atoms with Crippen molar-refractivity contribution in [2.45, 2.75) is 129 Å². The zero-order valence-electron chi connectivity index (χ0n) is 19.4. The monoisotopic (exact) mass is 527 g/mol. The van der Waals surface area contributed by atoms with E-state index in [1.807, 2.05) is 23.0 Å². The highest BCUT2D eigenvalue weighted by Gasteiger charge is 2.15. The summed E-state index contributed by atoms with van der Waals surface area (Å²) in [5, 5.41) is 21.0. The van der Waals surface area contributed by atoms with Crippen molar-refractivity contribution in [2.24, 2.45) is 0 Å². The largest absolute Gasteiger partial charge is 0.392 e. The lowest BCUT2D eigenvalue weighted by atomic mass is 10.1. The predicted molar refractivity (Wildman–Crippen MR) is 134 cm³/mol. The van der Waals surface area contributed by atoms with E-state index in [1.54, 1.807) is 0 Å². The number of hydrogen-bond donors (Lipinski definition) is 2. The van der Waals surface area contributed by atoms with Gasteiger partial charge in [0.1, 0.15) is 23.0 Å². The van der Waals surface area contributed by atoms with Gasteiger partial charge in [0, 0.05) is 13.1 Å². The first-order valence-electron chi connectivity index (χ1n) is 12.5. The molecule has 2 unspecified atom stereocenters. The van der Waals surface area contributed by atoms with Gasteiger partial charge in [-0.3, -0.25) is 4.90 Å². The Balaban J connectivity index is 4.10. The fraction of sp³-hybridized carbons (Fsp3) is 1.00. The average molecular weight is 528 g/mol. The fourth-order valence-electron chi connectivity index (χ4n) is 3.85. The zero-order chi connectivity index (χ0) is 21.6. The molecule has 0 radical (unpaired) electrons. The molecule has 0 rings (SSSR count). The molecule has 4 nitrogen and oxygen atoms in total. The molecule has 0 aromatic carbocycles. The van der Waals surface area contributed by atoms with E-state index >= 15 is 0 Å². The van der Waals surface area contributed by atoms with Gasteiger partial charge in [-0.05, 0) is 32.2 Å². The second-order valence-electron chi connectivity index (χ2n) is 8.70. The molecule has 0 aliphatic heterocycles. The third kappa shape index (κ3) is 21.6. The molecule has 2 atom stereocenters. The molecule has 0 bridgehead atoms. The Kier molecular flexibility index (Phi) is 23.7. The Morgan fingerprint density at radius 1 is 0.655 bits per heavy atom. The van der Waals surface area contributed by atoms with Gasteiger partial charge in [0.15, 0.2) is 0 Å². The van der Waals surface area contributed by atoms with Gasteiger partial charge in [0.05, 0.1) is 18.8 Å². The molecular formula is C24H50INO3. The van der Waals surface area contributed by atoms with Gasteiger partial charge in [-0.2, -0.15) is 0 Å². The molecule has 0 aliphatic rings. The molecular weight excluding hydrogens is 477 g/mol. The Bertz CT molecular complexity index is 297. The van der Waals surface area contributed by atoms with E-state index in [4.69, 9.17) is 3.07 Å². The number of aliphatic hydroxyl groups excluding tert-OH is 2. The van der Waals surface area contributed by atoms with E-state index in [0.717, 1.165) is 51.7 Å². The normalized spacial score (nSPS) is 13.9. The minimum absolute atomic E-state index is 0.275. The molecule has 0 saturated carbocycles. The Morgan fingerprint density at radius 2 is 1.10 bits per heavy atom. The summed E-state index contributed by atoms with van der Waals surface area (Å²) in [6, 6.07) is 0. The van der Waals surface area contributed by atoms with E-state index in [9.17, 15) is 10.2 Å². The number of hydrogen-bond acceptors (Lipinski definition) is 4. The van der Waals surface area contributed by atoms with Crippen molar-refractivity contribution in [1.82, 2.24) is 4.90 Å². The SMILES string of the molecule is CCCCCCCCC(O)CN(CCCCOI)CC(O)CCCCCCCC. The average Bonchev–Trinajstić information content (AvgIpc) is 2.70. The van der Waals surface area contributed by atoms with Crippen molar-refractivity contribution in [1.29, 1.82) is 0 Å². The topological polar surface area (TPSA) is 52.9 Å². The van der Waals surface area contributed by atoms with Gasteiger partial charge >= 0.3 is 0 Å². The number of halogens is 1. The molecule has 0 aromatic rings. The molecule has 0 amide bonds. The summed E-state index contributed by atoms with van der Waals surface area (Å²) in [5.74, 6) is 0. The molecule has 29 heavy (non-hydrogen) atoms. The van der Waals surface area contributed by atoms with Gasteiger partial charge in [0.2, 0.25) is 0 Å². The summed E-state index contributed by atoms with van der Waals surface area (Å²) in [7, 11) is 0. The first-order valence-corrected chi connectivity index (χ1v) is 13.3. The van der Waals surface area contributed by atoms with E-state index < -0.39 is 0 Å². The lowest BCUT2D eigenvalue weighted by molar-refractivity contribution is 0.0594. The second-order valence-corrected chi connectivity index (χ2v) is 9.32. The van der Waals surface area contributed by atoms with Crippen LogP contribution in [0.3, 0.4) is 0 Å². The summed E-state index contributed by atoms with van der Waals surface area (Å²) in [4.78, 5) is 2.27. The Labute approximate surface area is 195 Å². The molecule has 5 heteroatoms. The van der Waals surface area contributed by atoms with Crippen molar-refractivity contribution in [2.75, 3.05) is 26.2 Å². The Morgan fingerprint density at radius 3 is 1.55 bits per heavy atom. The van der Waals surface area contributed by atoms with Crippen molar-refractivity contribution in [3.05, 3.63) is 0 Å². The van der Waals surface area contributed by atoms with Crippen LogP contribution in [-0.4, -0.2) is 53.6 Å². The zero-order valence-corrected chi connectivity index (χ0v) is 21.6. The highest BCUT2D eigenvalue weighted by Crippen LogP contribution is 2.13. The van der Waals surface area contributed by atoms with Crippen LogP contribution in [0.1, 0.15) is 117 Å². The maximum Gasteiger partial charge on any atom is 0.109 e. The summed E-state index contributed by atoms with van der Waals surface area (Å²) in [6.45, 7) is 7.56. The molecule has 0 aliphatic carbocycles. The highest BCUT2D eigenvalue weighted by molar-refractivity contribution is 14.1. The van der Waals surface area contributed by atoms with Crippen LogP contribution in [0.15, 0.2) is 0 Å². The molecule has 0 saturated heterocycles. The van der Waals surface area contributed by atoms with E-state index in [0.29, 0.717) is 13.1 Å². The maximum atomic E-state index is 10.5. The van der Waals surface area contributed by atoms with E-state index in [1.165, 1.54) is 64.2 Å². The first kappa shape index (κ1) is 29.6. The van der Waals surface area contributed by atoms with Crippen LogP contribution in [-0.2, 0) is 3.07 Å². The van der Waals surface area contributed by atoms with Crippen LogP contribution in [0.25, 0.3) is 0 Å². The van der Waals surface area contributed by atoms with Crippen LogP contribution in [0, 0.1) is 0 Å². The van der Waals surface area contributed by atoms with Crippen LogP contribution in [0.2, 0.25) is 0 Å². The second kappa shape index (κ2) is 23.2. The highest BCUT2D eigenvalue weighted by atomic mass is 127. The van der Waals surface area contributed by atoms with Gasteiger partial charge in [-0.15, -0.1) is 0 Å². The van der Waals surface area contributed by atoms with Crippen LogP contribution in [0.4, 0.5) is 0 Å². The van der Waals surface area contributed by atoms with Gasteiger partial charge < -0.3 is 13.3 Å².